The molecule has 0 atom stereocenters. The molecule has 4 heterocycles. The van der Waals surface area contributed by atoms with E-state index in [1.807, 2.05) is 24.4 Å². The number of pyridine rings is 2. The van der Waals surface area contributed by atoms with Gasteiger partial charge in [0.15, 0.2) is 0 Å². The maximum absolute atomic E-state index is 5.25. The van der Waals surface area contributed by atoms with Crippen LogP contribution in [0.4, 0.5) is 34.1 Å². The molecule has 7 nitrogen and oxygen atoms in total. The molecule has 12 rings (SSSR count). The zero-order chi connectivity index (χ0) is 41.7. The predicted octanol–water partition coefficient (Wildman–Crippen LogP) is 14.4. The lowest BCUT2D eigenvalue weighted by atomic mass is 10.0. The summed E-state index contributed by atoms with van der Waals surface area (Å²) in [4.78, 5) is 24.9. The number of hydrogen-bond acceptors (Lipinski definition) is 6. The van der Waals surface area contributed by atoms with Crippen molar-refractivity contribution >= 4 is 88.8 Å². The van der Waals surface area contributed by atoms with Crippen LogP contribution >= 0.6 is 0 Å². The van der Waals surface area contributed by atoms with Crippen molar-refractivity contribution in [1.29, 1.82) is 0 Å². The molecule has 0 aliphatic carbocycles. The third-order valence-electron chi connectivity index (χ3n) is 11.8. The average Bonchev–Trinajstić information content (AvgIpc) is 3.68. The van der Waals surface area contributed by atoms with E-state index in [-0.39, 0.29) is 0 Å². The van der Waals surface area contributed by atoms with Crippen molar-refractivity contribution in [3.05, 3.63) is 225 Å². The number of nitrogens with zero attached hydrogens (tertiary/aromatic N) is 7. The van der Waals surface area contributed by atoms with Gasteiger partial charge in [-0.15, -0.1) is 0 Å². The Bertz CT molecular complexity index is 3400. The molecule has 0 bridgehead atoms. The minimum atomic E-state index is 0.785. The minimum Gasteiger partial charge on any atom is -0.310 e. The van der Waals surface area contributed by atoms with Crippen molar-refractivity contribution < 1.29 is 0 Å². The SMILES string of the molecule is c1ccc(-c2ccc3c4nccnc4c4cc(-n5c6ccc(N(c7ccccc7)c7ccccc7)cc6c6cc(N(c7ccccc7)c7ccccc7)ccc65)cnc4c3n2)cc1. The second-order valence-electron chi connectivity index (χ2n) is 15.6. The highest BCUT2D eigenvalue weighted by Crippen LogP contribution is 2.43. The topological polar surface area (TPSA) is 63.0 Å². The van der Waals surface area contributed by atoms with Crippen LogP contribution in [0.1, 0.15) is 0 Å². The fraction of sp³-hybridized carbons (Fsp3) is 0. The van der Waals surface area contributed by atoms with Crippen molar-refractivity contribution in [3.63, 3.8) is 0 Å². The molecular formula is C56H37N7. The number of aromatic nitrogens is 5. The van der Waals surface area contributed by atoms with E-state index >= 15 is 0 Å². The van der Waals surface area contributed by atoms with E-state index in [1.165, 1.54) is 0 Å². The highest BCUT2D eigenvalue weighted by Gasteiger charge is 2.22. The Labute approximate surface area is 363 Å². The molecule has 0 aliphatic rings. The largest absolute Gasteiger partial charge is 0.310 e. The molecule has 0 amide bonds. The van der Waals surface area contributed by atoms with Crippen LogP contribution in [0.5, 0.6) is 0 Å². The molecule has 0 radical (unpaired) electrons. The Morgan fingerprint density at radius 2 is 0.778 bits per heavy atom. The van der Waals surface area contributed by atoms with Crippen molar-refractivity contribution in [3.8, 4) is 16.9 Å². The van der Waals surface area contributed by atoms with Crippen LogP contribution in [0, 0.1) is 0 Å². The second kappa shape index (κ2) is 15.1. The van der Waals surface area contributed by atoms with Crippen molar-refractivity contribution in [2.24, 2.45) is 0 Å². The van der Waals surface area contributed by atoms with Crippen LogP contribution in [-0.4, -0.2) is 24.5 Å². The van der Waals surface area contributed by atoms with E-state index in [0.29, 0.717) is 0 Å². The van der Waals surface area contributed by atoms with Crippen LogP contribution < -0.4 is 9.80 Å². The van der Waals surface area contributed by atoms with Gasteiger partial charge in [0.2, 0.25) is 0 Å². The van der Waals surface area contributed by atoms with E-state index in [1.54, 1.807) is 12.4 Å². The van der Waals surface area contributed by atoms with E-state index in [9.17, 15) is 0 Å². The van der Waals surface area contributed by atoms with E-state index in [4.69, 9.17) is 19.9 Å². The fourth-order valence-corrected chi connectivity index (χ4v) is 9.04. The van der Waals surface area contributed by atoms with Crippen LogP contribution in [-0.2, 0) is 0 Å². The summed E-state index contributed by atoms with van der Waals surface area (Å²) >= 11 is 0. The number of anilines is 6. The summed E-state index contributed by atoms with van der Waals surface area (Å²) in [5.74, 6) is 0. The molecule has 4 aromatic heterocycles. The number of fused-ring (bicyclic) bond motifs is 9. The van der Waals surface area contributed by atoms with Gasteiger partial charge in [-0.05, 0) is 103 Å². The predicted molar refractivity (Wildman–Crippen MR) is 259 cm³/mol. The number of rotatable bonds is 8. The molecule has 0 saturated carbocycles. The van der Waals surface area contributed by atoms with Crippen molar-refractivity contribution in [1.82, 2.24) is 24.5 Å². The summed E-state index contributed by atoms with van der Waals surface area (Å²) in [6.07, 6.45) is 5.48. The molecule has 8 aromatic carbocycles. The zero-order valence-electron chi connectivity index (χ0n) is 34.0. The van der Waals surface area contributed by atoms with Gasteiger partial charge in [-0.3, -0.25) is 15.0 Å². The van der Waals surface area contributed by atoms with E-state index in [0.717, 1.165) is 106 Å². The molecule has 0 spiro atoms. The Kier molecular flexibility index (Phi) is 8.67. The van der Waals surface area contributed by atoms with E-state index < -0.39 is 0 Å². The third-order valence-corrected chi connectivity index (χ3v) is 11.8. The van der Waals surface area contributed by atoms with Crippen molar-refractivity contribution in [2.75, 3.05) is 9.80 Å². The van der Waals surface area contributed by atoms with Gasteiger partial charge in [0.25, 0.3) is 0 Å². The molecular weight excluding hydrogens is 771 g/mol. The van der Waals surface area contributed by atoms with Crippen LogP contribution in [0.25, 0.3) is 71.6 Å². The molecule has 0 fully saturated rings. The molecule has 0 unspecified atom stereocenters. The summed E-state index contributed by atoms with van der Waals surface area (Å²) in [6.45, 7) is 0. The average molecular weight is 808 g/mol. The Morgan fingerprint density at radius 3 is 1.27 bits per heavy atom. The highest BCUT2D eigenvalue weighted by molar-refractivity contribution is 6.21. The lowest BCUT2D eigenvalue weighted by Gasteiger charge is -2.26. The summed E-state index contributed by atoms with van der Waals surface area (Å²) < 4.78 is 2.33. The Hall–Kier alpha value is -8.68. The molecule has 63 heavy (non-hydrogen) atoms. The molecule has 7 heteroatoms. The number of benzene rings is 8. The lowest BCUT2D eigenvalue weighted by molar-refractivity contribution is 1.16. The number of hydrogen-bond donors (Lipinski definition) is 0. The Morgan fingerprint density at radius 1 is 0.333 bits per heavy atom. The molecule has 0 aliphatic heterocycles. The second-order valence-corrected chi connectivity index (χ2v) is 15.6. The van der Waals surface area contributed by atoms with Gasteiger partial charge in [0, 0.05) is 73.6 Å². The van der Waals surface area contributed by atoms with Gasteiger partial charge < -0.3 is 14.4 Å². The first kappa shape index (κ1) is 36.2. The van der Waals surface area contributed by atoms with Crippen LogP contribution in [0.2, 0.25) is 0 Å². The first-order valence-corrected chi connectivity index (χ1v) is 21.0. The van der Waals surface area contributed by atoms with Crippen molar-refractivity contribution in [2.45, 2.75) is 0 Å². The summed E-state index contributed by atoms with van der Waals surface area (Å²) in [6, 6.07) is 72.4. The minimum absolute atomic E-state index is 0.785. The monoisotopic (exact) mass is 807 g/mol. The van der Waals surface area contributed by atoms with Crippen LogP contribution in [0.15, 0.2) is 225 Å². The summed E-state index contributed by atoms with van der Waals surface area (Å²) in [5.41, 5.74) is 14.5. The summed E-state index contributed by atoms with van der Waals surface area (Å²) in [5, 5.41) is 4.03. The third kappa shape index (κ3) is 6.21. The lowest BCUT2D eigenvalue weighted by Crippen LogP contribution is -2.09. The zero-order valence-corrected chi connectivity index (χ0v) is 34.0. The normalized spacial score (nSPS) is 11.5. The van der Waals surface area contributed by atoms with Gasteiger partial charge in [-0.2, -0.15) is 0 Å². The van der Waals surface area contributed by atoms with Gasteiger partial charge >= 0.3 is 0 Å². The summed E-state index contributed by atoms with van der Waals surface area (Å²) in [7, 11) is 0. The van der Waals surface area contributed by atoms with Gasteiger partial charge in [0.1, 0.15) is 0 Å². The standard InChI is InChI=1S/C56H37N7/c1-6-16-38(17-7-1)50-29-28-46-53-54(58-33-32-57-53)49-36-45(37-59-55(49)56(46)60-50)63-51-30-26-43(61(39-18-8-2-9-19-39)40-20-10-3-11-21-40)34-47(51)48-35-44(27-31-52(48)63)62(41-22-12-4-13-23-41)42-24-14-5-15-25-42/h1-37H. The number of para-hydroxylation sites is 4. The first-order valence-electron chi connectivity index (χ1n) is 21.0. The van der Waals surface area contributed by atoms with Gasteiger partial charge in [-0.25, -0.2) is 4.98 Å². The first-order chi connectivity index (χ1) is 31.3. The quantitative estimate of drug-likeness (QED) is 0.143. The fourth-order valence-electron chi connectivity index (χ4n) is 9.04. The smallest absolute Gasteiger partial charge is 0.0995 e. The highest BCUT2D eigenvalue weighted by atomic mass is 15.1. The van der Waals surface area contributed by atoms with Gasteiger partial charge in [-0.1, -0.05) is 103 Å². The molecule has 0 saturated heterocycles. The molecule has 12 aromatic rings. The Balaban J connectivity index is 1.12. The van der Waals surface area contributed by atoms with Crippen LogP contribution in [0.3, 0.4) is 0 Å². The molecule has 0 N–H and O–H groups in total. The molecule has 296 valence electrons. The van der Waals surface area contributed by atoms with Gasteiger partial charge in [0.05, 0.1) is 50.7 Å². The maximum atomic E-state index is 5.25. The van der Waals surface area contributed by atoms with E-state index in [2.05, 4.69) is 202 Å². The maximum Gasteiger partial charge on any atom is 0.0995 e.